The van der Waals surface area contributed by atoms with Crippen LogP contribution in [0.2, 0.25) is 0 Å². The van der Waals surface area contributed by atoms with Gasteiger partial charge in [-0.05, 0) is 26.0 Å². The molecule has 0 amide bonds. The van der Waals surface area contributed by atoms with Gasteiger partial charge in [0, 0.05) is 31.5 Å². The van der Waals surface area contributed by atoms with Crippen LogP contribution in [0.4, 0.5) is 0 Å². The van der Waals surface area contributed by atoms with Crippen molar-refractivity contribution in [3.05, 3.63) is 18.0 Å². The molecule has 1 saturated carbocycles. The number of nitrogens with zero attached hydrogens (tertiary/aromatic N) is 1. The Morgan fingerprint density at radius 3 is 2.76 bits per heavy atom. The quantitative estimate of drug-likeness (QED) is 0.824. The van der Waals surface area contributed by atoms with E-state index in [4.69, 9.17) is 0 Å². The van der Waals surface area contributed by atoms with Gasteiger partial charge in [0.05, 0.1) is 4.90 Å². The zero-order valence-electron chi connectivity index (χ0n) is 10.2. The van der Waals surface area contributed by atoms with Crippen LogP contribution in [0.25, 0.3) is 0 Å². The van der Waals surface area contributed by atoms with Crippen LogP contribution in [0.15, 0.2) is 17.2 Å². The summed E-state index contributed by atoms with van der Waals surface area (Å²) in [7, 11) is 0.177. The van der Waals surface area contributed by atoms with Crippen molar-refractivity contribution < 1.29 is 8.42 Å². The Hall–Kier alpha value is -0.850. The van der Waals surface area contributed by atoms with Gasteiger partial charge in [-0.3, -0.25) is 0 Å². The SMILES string of the molecule is CNCc1cc(S(=O)(=O)N(C)C2CCC2)c[nH]1. The Morgan fingerprint density at radius 1 is 1.53 bits per heavy atom. The first-order chi connectivity index (χ1) is 8.05. The summed E-state index contributed by atoms with van der Waals surface area (Å²) in [4.78, 5) is 3.33. The molecule has 0 spiro atoms. The maximum Gasteiger partial charge on any atom is 0.244 e. The molecule has 96 valence electrons. The molecule has 1 heterocycles. The van der Waals surface area contributed by atoms with Crippen LogP contribution < -0.4 is 5.32 Å². The first-order valence-electron chi connectivity index (χ1n) is 5.85. The molecule has 17 heavy (non-hydrogen) atoms. The average Bonchev–Trinajstić information content (AvgIpc) is 2.64. The maximum absolute atomic E-state index is 12.3. The predicted molar refractivity (Wildman–Crippen MR) is 66.1 cm³/mol. The van der Waals surface area contributed by atoms with Gasteiger partial charge in [0.2, 0.25) is 10.0 Å². The van der Waals surface area contributed by atoms with Crippen molar-refractivity contribution in [2.75, 3.05) is 14.1 Å². The first kappa shape index (κ1) is 12.6. The highest BCUT2D eigenvalue weighted by molar-refractivity contribution is 7.89. The fourth-order valence-electron chi connectivity index (χ4n) is 1.97. The van der Waals surface area contributed by atoms with E-state index in [2.05, 4.69) is 10.3 Å². The zero-order chi connectivity index (χ0) is 12.5. The zero-order valence-corrected chi connectivity index (χ0v) is 11.0. The molecule has 2 N–H and O–H groups in total. The molecule has 6 heteroatoms. The van der Waals surface area contributed by atoms with Gasteiger partial charge in [-0.1, -0.05) is 6.42 Å². The van der Waals surface area contributed by atoms with Crippen LogP contribution >= 0.6 is 0 Å². The smallest absolute Gasteiger partial charge is 0.244 e. The standard InChI is InChI=1S/C11H19N3O2S/c1-12-7-9-6-11(8-13-9)17(15,16)14(2)10-4-3-5-10/h6,8,10,12-13H,3-5,7H2,1-2H3. The van der Waals surface area contributed by atoms with Crippen molar-refractivity contribution in [3.8, 4) is 0 Å². The fourth-order valence-corrected chi connectivity index (χ4v) is 3.41. The van der Waals surface area contributed by atoms with Gasteiger partial charge < -0.3 is 10.3 Å². The lowest BCUT2D eigenvalue weighted by atomic mass is 9.94. The third-order valence-corrected chi connectivity index (χ3v) is 5.24. The predicted octanol–water partition coefficient (Wildman–Crippen LogP) is 0.907. The average molecular weight is 257 g/mol. The van der Waals surface area contributed by atoms with E-state index >= 15 is 0 Å². The summed E-state index contributed by atoms with van der Waals surface area (Å²) in [5.41, 5.74) is 0.882. The van der Waals surface area contributed by atoms with Crippen LogP contribution in [0.5, 0.6) is 0 Å². The van der Waals surface area contributed by atoms with Crippen molar-refractivity contribution in [3.63, 3.8) is 0 Å². The van der Waals surface area contributed by atoms with Crippen LogP contribution in [0.3, 0.4) is 0 Å². The Labute approximate surface area is 102 Å². The van der Waals surface area contributed by atoms with E-state index in [1.807, 2.05) is 7.05 Å². The highest BCUT2D eigenvalue weighted by atomic mass is 32.2. The van der Waals surface area contributed by atoms with Crippen molar-refractivity contribution in [1.29, 1.82) is 0 Å². The number of hydrogen-bond donors (Lipinski definition) is 2. The third-order valence-electron chi connectivity index (χ3n) is 3.35. The molecule has 0 atom stereocenters. The van der Waals surface area contributed by atoms with Gasteiger partial charge in [-0.15, -0.1) is 0 Å². The number of sulfonamides is 1. The lowest BCUT2D eigenvalue weighted by molar-refractivity contribution is 0.249. The monoisotopic (exact) mass is 257 g/mol. The molecule has 1 fully saturated rings. The lowest BCUT2D eigenvalue weighted by Crippen LogP contribution is -2.41. The fraction of sp³-hybridized carbons (Fsp3) is 0.636. The number of nitrogens with one attached hydrogen (secondary N) is 2. The first-order valence-corrected chi connectivity index (χ1v) is 7.29. The van der Waals surface area contributed by atoms with E-state index in [9.17, 15) is 8.42 Å². The Bertz CT molecular complexity index is 477. The summed E-state index contributed by atoms with van der Waals surface area (Å²) in [6.07, 6.45) is 4.65. The molecule has 0 saturated heterocycles. The Kier molecular flexibility index (Phi) is 3.56. The minimum absolute atomic E-state index is 0.183. The number of aromatic amines is 1. The van der Waals surface area contributed by atoms with Crippen molar-refractivity contribution in [1.82, 2.24) is 14.6 Å². The molecular formula is C11H19N3O2S. The molecule has 1 aromatic heterocycles. The van der Waals surface area contributed by atoms with Gasteiger partial charge in [0.25, 0.3) is 0 Å². The van der Waals surface area contributed by atoms with Crippen LogP contribution in [-0.2, 0) is 16.6 Å². The molecule has 0 bridgehead atoms. The summed E-state index contributed by atoms with van der Waals surface area (Å²) in [5.74, 6) is 0. The van der Waals surface area contributed by atoms with Crippen LogP contribution in [-0.4, -0.2) is 37.8 Å². The van der Waals surface area contributed by atoms with Crippen LogP contribution in [0, 0.1) is 0 Å². The van der Waals surface area contributed by atoms with Crippen molar-refractivity contribution >= 4 is 10.0 Å². The highest BCUT2D eigenvalue weighted by Crippen LogP contribution is 2.28. The van der Waals surface area contributed by atoms with E-state index in [-0.39, 0.29) is 6.04 Å². The number of rotatable bonds is 5. The molecule has 1 aliphatic rings. The molecule has 0 radical (unpaired) electrons. The van der Waals surface area contributed by atoms with E-state index in [0.717, 1.165) is 25.0 Å². The molecular weight excluding hydrogens is 238 g/mol. The molecule has 1 aliphatic carbocycles. The molecule has 0 aliphatic heterocycles. The van der Waals surface area contributed by atoms with Crippen LogP contribution in [0.1, 0.15) is 25.0 Å². The van der Waals surface area contributed by atoms with Gasteiger partial charge in [0.1, 0.15) is 0 Å². The van der Waals surface area contributed by atoms with Gasteiger partial charge >= 0.3 is 0 Å². The Morgan fingerprint density at radius 2 is 2.24 bits per heavy atom. The molecule has 1 aromatic rings. The van der Waals surface area contributed by atoms with E-state index in [1.54, 1.807) is 19.3 Å². The maximum atomic E-state index is 12.3. The largest absolute Gasteiger partial charge is 0.363 e. The summed E-state index contributed by atoms with van der Waals surface area (Å²) >= 11 is 0. The van der Waals surface area contributed by atoms with E-state index in [1.165, 1.54) is 4.31 Å². The molecule has 5 nitrogen and oxygen atoms in total. The molecule has 0 aromatic carbocycles. The van der Waals surface area contributed by atoms with Crippen molar-refractivity contribution in [2.24, 2.45) is 0 Å². The number of hydrogen-bond acceptors (Lipinski definition) is 3. The minimum Gasteiger partial charge on any atom is -0.363 e. The summed E-state index contributed by atoms with van der Waals surface area (Å²) in [5, 5.41) is 2.98. The normalized spacial score (nSPS) is 17.4. The van der Waals surface area contributed by atoms with Gasteiger partial charge in [-0.2, -0.15) is 4.31 Å². The summed E-state index contributed by atoms with van der Waals surface area (Å²) < 4.78 is 26.0. The third kappa shape index (κ3) is 2.38. The van der Waals surface area contributed by atoms with Crippen molar-refractivity contribution in [2.45, 2.75) is 36.7 Å². The summed E-state index contributed by atoms with van der Waals surface area (Å²) in [6, 6.07) is 1.88. The number of H-pyrrole nitrogens is 1. The second kappa shape index (κ2) is 4.80. The molecule has 0 unspecified atom stereocenters. The highest BCUT2D eigenvalue weighted by Gasteiger charge is 2.32. The Balaban J connectivity index is 2.18. The van der Waals surface area contributed by atoms with E-state index in [0.29, 0.717) is 11.4 Å². The topological polar surface area (TPSA) is 65.2 Å². The minimum atomic E-state index is -3.32. The number of aromatic nitrogens is 1. The second-order valence-electron chi connectivity index (χ2n) is 4.50. The van der Waals surface area contributed by atoms with E-state index < -0.39 is 10.0 Å². The lowest BCUT2D eigenvalue weighted by Gasteiger charge is -2.33. The van der Waals surface area contributed by atoms with Gasteiger partial charge in [0.15, 0.2) is 0 Å². The molecule has 2 rings (SSSR count). The van der Waals surface area contributed by atoms with Gasteiger partial charge in [-0.25, -0.2) is 8.42 Å². The second-order valence-corrected chi connectivity index (χ2v) is 6.49. The summed E-state index contributed by atoms with van der Waals surface area (Å²) in [6.45, 7) is 0.642.